The lowest BCUT2D eigenvalue weighted by Gasteiger charge is -2.35. The molecule has 13 heavy (non-hydrogen) atoms. The van der Waals surface area contributed by atoms with E-state index in [1.165, 1.54) is 10.8 Å². The Balaban J connectivity index is 2.53. The van der Waals surface area contributed by atoms with Crippen LogP contribution in [0.15, 0.2) is 0 Å². The standard InChI is InChI=1S/C10H20OS2/c1-9(2,6-10(3,4)11)8-5-12-7-13-8/h8,11H,5-7H2,1-4H3. The van der Waals surface area contributed by atoms with Crippen LogP contribution in [0.3, 0.4) is 0 Å². The second-order valence-electron chi connectivity index (χ2n) is 5.12. The molecule has 0 spiro atoms. The van der Waals surface area contributed by atoms with Gasteiger partial charge in [0.25, 0.3) is 0 Å². The van der Waals surface area contributed by atoms with Gasteiger partial charge in [-0.25, -0.2) is 0 Å². The summed E-state index contributed by atoms with van der Waals surface area (Å²) >= 11 is 4.06. The summed E-state index contributed by atoms with van der Waals surface area (Å²) in [7, 11) is 0. The molecule has 1 rings (SSSR count). The van der Waals surface area contributed by atoms with Crippen LogP contribution in [-0.2, 0) is 0 Å². The van der Waals surface area contributed by atoms with Gasteiger partial charge >= 0.3 is 0 Å². The number of hydrogen-bond donors (Lipinski definition) is 1. The van der Waals surface area contributed by atoms with Crippen LogP contribution in [-0.4, -0.2) is 26.8 Å². The molecule has 1 nitrogen and oxygen atoms in total. The maximum Gasteiger partial charge on any atom is 0.0597 e. The van der Waals surface area contributed by atoms with E-state index in [-0.39, 0.29) is 5.41 Å². The zero-order valence-corrected chi connectivity index (χ0v) is 10.6. The molecule has 1 aliphatic heterocycles. The quantitative estimate of drug-likeness (QED) is 0.789. The van der Waals surface area contributed by atoms with Gasteiger partial charge in [0.1, 0.15) is 0 Å². The fourth-order valence-electron chi connectivity index (χ4n) is 2.01. The average molecular weight is 220 g/mol. The highest BCUT2D eigenvalue weighted by Gasteiger charge is 2.36. The average Bonchev–Trinajstić information content (AvgIpc) is 2.29. The van der Waals surface area contributed by atoms with Crippen molar-refractivity contribution >= 4 is 23.5 Å². The molecule has 0 saturated carbocycles. The van der Waals surface area contributed by atoms with Crippen molar-refractivity contribution in [2.75, 3.05) is 10.8 Å². The first-order valence-electron chi connectivity index (χ1n) is 4.73. The Morgan fingerprint density at radius 3 is 2.31 bits per heavy atom. The third-order valence-electron chi connectivity index (χ3n) is 2.38. The molecule has 0 amide bonds. The van der Waals surface area contributed by atoms with Crippen molar-refractivity contribution in [3.8, 4) is 0 Å². The highest BCUT2D eigenvalue weighted by atomic mass is 32.2. The van der Waals surface area contributed by atoms with Gasteiger partial charge in [0.15, 0.2) is 0 Å². The Morgan fingerprint density at radius 1 is 1.31 bits per heavy atom. The molecule has 0 radical (unpaired) electrons. The fraction of sp³-hybridized carbons (Fsp3) is 1.00. The summed E-state index contributed by atoms with van der Waals surface area (Å²) in [5.41, 5.74) is -0.274. The van der Waals surface area contributed by atoms with Crippen LogP contribution in [0.25, 0.3) is 0 Å². The molecule has 0 aliphatic carbocycles. The highest BCUT2D eigenvalue weighted by Crippen LogP contribution is 2.44. The first-order chi connectivity index (χ1) is 5.81. The molecule has 1 aliphatic rings. The van der Waals surface area contributed by atoms with Crippen LogP contribution in [0.2, 0.25) is 0 Å². The second-order valence-corrected chi connectivity index (χ2v) is 7.71. The van der Waals surface area contributed by atoms with E-state index in [0.29, 0.717) is 5.25 Å². The molecule has 1 N–H and O–H groups in total. The summed E-state index contributed by atoms with van der Waals surface area (Å²) in [6.07, 6.45) is 0.887. The Bertz CT molecular complexity index is 166. The molecule has 78 valence electrons. The van der Waals surface area contributed by atoms with Crippen molar-refractivity contribution < 1.29 is 5.11 Å². The van der Waals surface area contributed by atoms with Gasteiger partial charge in [0.2, 0.25) is 0 Å². The second kappa shape index (κ2) is 4.03. The van der Waals surface area contributed by atoms with E-state index >= 15 is 0 Å². The molecule has 0 aromatic carbocycles. The van der Waals surface area contributed by atoms with Gasteiger partial charge in [0.05, 0.1) is 5.60 Å². The largest absolute Gasteiger partial charge is 0.390 e. The SMILES string of the molecule is CC(C)(O)CC(C)(C)C1CSCS1. The van der Waals surface area contributed by atoms with E-state index in [1.54, 1.807) is 0 Å². The van der Waals surface area contributed by atoms with Gasteiger partial charge in [-0.2, -0.15) is 0 Å². The van der Waals surface area contributed by atoms with Crippen LogP contribution in [0.1, 0.15) is 34.1 Å². The van der Waals surface area contributed by atoms with Crippen molar-refractivity contribution in [1.29, 1.82) is 0 Å². The smallest absolute Gasteiger partial charge is 0.0597 e. The first-order valence-corrected chi connectivity index (χ1v) is 6.93. The summed E-state index contributed by atoms with van der Waals surface area (Å²) in [5.74, 6) is 1.24. The molecule has 1 heterocycles. The van der Waals surface area contributed by atoms with Crippen molar-refractivity contribution in [3.05, 3.63) is 0 Å². The van der Waals surface area contributed by atoms with E-state index < -0.39 is 5.60 Å². The first kappa shape index (κ1) is 11.7. The number of aliphatic hydroxyl groups is 1. The predicted octanol–water partition coefficient (Wildman–Crippen LogP) is 2.98. The third kappa shape index (κ3) is 3.72. The van der Waals surface area contributed by atoms with Crippen LogP contribution in [0, 0.1) is 5.41 Å². The van der Waals surface area contributed by atoms with Crippen molar-refractivity contribution in [2.24, 2.45) is 5.41 Å². The van der Waals surface area contributed by atoms with E-state index in [2.05, 4.69) is 13.8 Å². The number of hydrogen-bond acceptors (Lipinski definition) is 3. The van der Waals surface area contributed by atoms with Crippen molar-refractivity contribution in [1.82, 2.24) is 0 Å². The molecule has 1 saturated heterocycles. The normalized spacial score (nSPS) is 25.2. The Hall–Kier alpha value is 0.660. The van der Waals surface area contributed by atoms with E-state index in [9.17, 15) is 5.11 Å². The summed E-state index contributed by atoms with van der Waals surface area (Å²) in [5, 5.41) is 11.7. The minimum Gasteiger partial charge on any atom is -0.390 e. The zero-order chi connectivity index (χ0) is 10.1. The fourth-order valence-corrected chi connectivity index (χ4v) is 5.31. The van der Waals surface area contributed by atoms with E-state index in [0.717, 1.165) is 6.42 Å². The topological polar surface area (TPSA) is 20.2 Å². The molecule has 1 atom stereocenters. The molecule has 0 aromatic heterocycles. The van der Waals surface area contributed by atoms with E-state index in [1.807, 2.05) is 37.4 Å². The lowest BCUT2D eigenvalue weighted by Crippen LogP contribution is -2.35. The lowest BCUT2D eigenvalue weighted by molar-refractivity contribution is 0.0328. The Kier molecular flexibility index (Phi) is 3.64. The molecular weight excluding hydrogens is 200 g/mol. The molecular formula is C10H20OS2. The van der Waals surface area contributed by atoms with E-state index in [4.69, 9.17) is 0 Å². The molecule has 3 heteroatoms. The monoisotopic (exact) mass is 220 g/mol. The Labute approximate surface area is 90.1 Å². The summed E-state index contributed by atoms with van der Waals surface area (Å²) in [6.45, 7) is 8.35. The van der Waals surface area contributed by atoms with Crippen molar-refractivity contribution in [3.63, 3.8) is 0 Å². The molecule has 0 aromatic rings. The molecule has 1 fully saturated rings. The number of rotatable bonds is 3. The van der Waals surface area contributed by atoms with Crippen LogP contribution in [0.5, 0.6) is 0 Å². The predicted molar refractivity (Wildman–Crippen MR) is 63.4 cm³/mol. The van der Waals surface area contributed by atoms with Gasteiger partial charge in [0, 0.05) is 16.1 Å². The van der Waals surface area contributed by atoms with Gasteiger partial charge in [-0.1, -0.05) is 13.8 Å². The van der Waals surface area contributed by atoms with Gasteiger partial charge in [-0.3, -0.25) is 0 Å². The van der Waals surface area contributed by atoms with Gasteiger partial charge in [-0.05, 0) is 25.7 Å². The highest BCUT2D eigenvalue weighted by molar-refractivity contribution is 8.19. The lowest BCUT2D eigenvalue weighted by atomic mass is 9.79. The summed E-state index contributed by atoms with van der Waals surface area (Å²) in [4.78, 5) is 0. The number of thioether (sulfide) groups is 2. The van der Waals surface area contributed by atoms with Crippen LogP contribution >= 0.6 is 23.5 Å². The third-order valence-corrected chi connectivity index (χ3v) is 5.58. The van der Waals surface area contributed by atoms with Crippen LogP contribution in [0.4, 0.5) is 0 Å². The minimum atomic E-state index is -0.530. The van der Waals surface area contributed by atoms with Crippen molar-refractivity contribution in [2.45, 2.75) is 45.0 Å². The zero-order valence-electron chi connectivity index (χ0n) is 8.96. The Morgan fingerprint density at radius 2 is 1.92 bits per heavy atom. The van der Waals surface area contributed by atoms with Gasteiger partial charge < -0.3 is 5.11 Å². The maximum absolute atomic E-state index is 9.80. The molecule has 0 bridgehead atoms. The maximum atomic E-state index is 9.80. The van der Waals surface area contributed by atoms with Crippen LogP contribution < -0.4 is 0 Å². The summed E-state index contributed by atoms with van der Waals surface area (Å²) < 4.78 is 0. The summed E-state index contributed by atoms with van der Waals surface area (Å²) in [6, 6.07) is 0. The molecule has 1 unspecified atom stereocenters. The van der Waals surface area contributed by atoms with Gasteiger partial charge in [-0.15, -0.1) is 23.5 Å². The minimum absolute atomic E-state index is 0.256.